The highest BCUT2D eigenvalue weighted by atomic mass is 16.7. The second kappa shape index (κ2) is 5.22. The van der Waals surface area contributed by atoms with E-state index in [1.165, 1.54) is 6.08 Å². The van der Waals surface area contributed by atoms with Gasteiger partial charge in [0.2, 0.25) is 0 Å². The number of carboxylic acids is 1. The van der Waals surface area contributed by atoms with Crippen LogP contribution in [0, 0.1) is 0 Å². The number of hydrogen-bond acceptors (Lipinski definition) is 3. The third-order valence-electron chi connectivity index (χ3n) is 5.68. The first-order valence-electron chi connectivity index (χ1n) is 8.61. The minimum absolute atomic E-state index is 0.369. The van der Waals surface area contributed by atoms with Gasteiger partial charge in [0.25, 0.3) is 0 Å². The molecule has 1 N–H and O–H groups in total. The van der Waals surface area contributed by atoms with Crippen LogP contribution in [0.3, 0.4) is 0 Å². The summed E-state index contributed by atoms with van der Waals surface area (Å²) in [6.45, 7) is 8.99. The zero-order valence-corrected chi connectivity index (χ0v) is 15.0. The lowest BCUT2D eigenvalue weighted by Crippen LogP contribution is -2.41. The molecule has 130 valence electrons. The number of aromatic nitrogens is 1. The molecule has 1 fully saturated rings. The van der Waals surface area contributed by atoms with Crippen molar-refractivity contribution in [3.8, 4) is 0 Å². The van der Waals surface area contributed by atoms with Crippen molar-refractivity contribution in [2.45, 2.75) is 51.9 Å². The SMILES string of the molecule is CC1(C)OB(c2ccc3c(c2)cc2n3CCC2=CC(=O)O)OC1(C)C. The molecule has 0 saturated carbocycles. The van der Waals surface area contributed by atoms with Gasteiger partial charge in [0.1, 0.15) is 0 Å². The van der Waals surface area contributed by atoms with Gasteiger partial charge in [-0.3, -0.25) is 0 Å². The summed E-state index contributed by atoms with van der Waals surface area (Å²) in [6, 6.07) is 8.26. The number of nitrogens with zero attached hydrogens (tertiary/aromatic N) is 1. The van der Waals surface area contributed by atoms with E-state index < -0.39 is 13.1 Å². The second-order valence-corrected chi connectivity index (χ2v) is 7.85. The molecule has 2 aliphatic heterocycles. The number of hydrogen-bond donors (Lipinski definition) is 1. The van der Waals surface area contributed by atoms with E-state index in [0.29, 0.717) is 0 Å². The Labute approximate surface area is 147 Å². The molecule has 1 aromatic heterocycles. The molecule has 1 saturated heterocycles. The average molecular weight is 339 g/mol. The Kier molecular flexibility index (Phi) is 3.43. The Bertz CT molecular complexity index is 894. The lowest BCUT2D eigenvalue weighted by Gasteiger charge is -2.32. The molecule has 6 heteroatoms. The summed E-state index contributed by atoms with van der Waals surface area (Å²) in [5.41, 5.74) is 3.23. The van der Waals surface area contributed by atoms with Crippen LogP contribution in [-0.2, 0) is 20.6 Å². The maximum atomic E-state index is 11.0. The highest BCUT2D eigenvalue weighted by Crippen LogP contribution is 2.37. The van der Waals surface area contributed by atoms with Crippen LogP contribution in [-0.4, -0.2) is 34.0 Å². The van der Waals surface area contributed by atoms with Crippen molar-refractivity contribution in [1.29, 1.82) is 0 Å². The molecule has 4 rings (SSSR count). The zero-order chi connectivity index (χ0) is 18.0. The van der Waals surface area contributed by atoms with Crippen LogP contribution in [0.15, 0.2) is 30.3 Å². The summed E-state index contributed by atoms with van der Waals surface area (Å²) in [4.78, 5) is 11.0. The van der Waals surface area contributed by atoms with Crippen LogP contribution in [0.1, 0.15) is 39.8 Å². The van der Waals surface area contributed by atoms with E-state index in [-0.39, 0.29) is 11.2 Å². The summed E-state index contributed by atoms with van der Waals surface area (Å²) in [5, 5.41) is 10.1. The van der Waals surface area contributed by atoms with E-state index in [4.69, 9.17) is 14.4 Å². The van der Waals surface area contributed by atoms with Crippen molar-refractivity contribution >= 4 is 35.0 Å². The minimum Gasteiger partial charge on any atom is -0.478 e. The van der Waals surface area contributed by atoms with Crippen molar-refractivity contribution < 1.29 is 19.2 Å². The fourth-order valence-corrected chi connectivity index (χ4v) is 3.58. The Hall–Kier alpha value is -2.05. The predicted molar refractivity (Wildman–Crippen MR) is 97.9 cm³/mol. The number of fused-ring (bicyclic) bond motifs is 3. The van der Waals surface area contributed by atoms with Gasteiger partial charge < -0.3 is 19.0 Å². The molecule has 2 aromatic rings. The van der Waals surface area contributed by atoms with Gasteiger partial charge in [-0.25, -0.2) is 4.79 Å². The summed E-state index contributed by atoms with van der Waals surface area (Å²) in [6.07, 6.45) is 2.07. The number of rotatable bonds is 2. The lowest BCUT2D eigenvalue weighted by atomic mass is 9.78. The van der Waals surface area contributed by atoms with Gasteiger partial charge >= 0.3 is 13.1 Å². The molecule has 0 unspecified atom stereocenters. The smallest absolute Gasteiger partial charge is 0.478 e. The van der Waals surface area contributed by atoms with Crippen LogP contribution in [0.2, 0.25) is 0 Å². The third kappa shape index (κ3) is 2.52. The quantitative estimate of drug-likeness (QED) is 0.675. The summed E-state index contributed by atoms with van der Waals surface area (Å²) < 4.78 is 14.4. The van der Waals surface area contributed by atoms with Crippen LogP contribution < -0.4 is 5.46 Å². The Morgan fingerprint density at radius 3 is 2.52 bits per heavy atom. The molecule has 0 spiro atoms. The molecule has 25 heavy (non-hydrogen) atoms. The average Bonchev–Trinajstić information content (AvgIpc) is 3.10. The molecule has 1 aromatic carbocycles. The summed E-state index contributed by atoms with van der Waals surface area (Å²) in [7, 11) is -0.391. The van der Waals surface area contributed by atoms with Crippen LogP contribution >= 0.6 is 0 Å². The van der Waals surface area contributed by atoms with E-state index in [9.17, 15) is 4.79 Å². The normalized spacial score (nSPS) is 22.7. The molecule has 0 aliphatic carbocycles. The van der Waals surface area contributed by atoms with Crippen molar-refractivity contribution in [2.24, 2.45) is 0 Å². The van der Waals surface area contributed by atoms with Crippen molar-refractivity contribution in [1.82, 2.24) is 4.57 Å². The van der Waals surface area contributed by atoms with Crippen molar-refractivity contribution in [3.05, 3.63) is 36.0 Å². The first-order chi connectivity index (χ1) is 11.7. The molecule has 0 radical (unpaired) electrons. The number of aryl methyl sites for hydroxylation is 1. The summed E-state index contributed by atoms with van der Waals surface area (Å²) >= 11 is 0. The van der Waals surface area contributed by atoms with E-state index in [0.717, 1.165) is 40.6 Å². The number of carbonyl (C=O) groups is 1. The zero-order valence-electron chi connectivity index (χ0n) is 15.0. The Morgan fingerprint density at radius 2 is 1.88 bits per heavy atom. The number of allylic oxidation sites excluding steroid dienone is 1. The first-order valence-corrected chi connectivity index (χ1v) is 8.61. The standard InChI is InChI=1S/C19H22BNO4/c1-18(2)19(3,4)25-20(24-18)14-5-6-15-13(9-14)10-16-12(11-17(22)23)7-8-21(15)16/h5-6,9-11H,7-8H2,1-4H3,(H,22,23). The van der Waals surface area contributed by atoms with Gasteiger partial charge in [-0.15, -0.1) is 0 Å². The van der Waals surface area contributed by atoms with E-state index in [1.54, 1.807) is 0 Å². The van der Waals surface area contributed by atoms with E-state index in [1.807, 2.05) is 33.8 Å². The van der Waals surface area contributed by atoms with Crippen LogP contribution in [0.4, 0.5) is 0 Å². The molecule has 0 amide bonds. The van der Waals surface area contributed by atoms with Gasteiger partial charge in [-0.2, -0.15) is 0 Å². The second-order valence-electron chi connectivity index (χ2n) is 7.85. The fraction of sp³-hybridized carbons (Fsp3) is 0.421. The van der Waals surface area contributed by atoms with E-state index in [2.05, 4.69) is 22.8 Å². The van der Waals surface area contributed by atoms with Crippen LogP contribution in [0.25, 0.3) is 16.5 Å². The van der Waals surface area contributed by atoms with E-state index >= 15 is 0 Å². The fourth-order valence-electron chi connectivity index (χ4n) is 3.58. The number of benzene rings is 1. The first kappa shape index (κ1) is 16.4. The molecular formula is C19H22BNO4. The molecular weight excluding hydrogens is 317 g/mol. The number of aliphatic carboxylic acids is 1. The molecule has 5 nitrogen and oxygen atoms in total. The maximum absolute atomic E-state index is 11.0. The lowest BCUT2D eigenvalue weighted by molar-refractivity contribution is -0.131. The third-order valence-corrected chi connectivity index (χ3v) is 5.68. The van der Waals surface area contributed by atoms with Crippen molar-refractivity contribution in [2.75, 3.05) is 0 Å². The highest BCUT2D eigenvalue weighted by Gasteiger charge is 2.51. The number of carboxylic acid groups (broad SMARTS) is 1. The van der Waals surface area contributed by atoms with Crippen LogP contribution in [0.5, 0.6) is 0 Å². The molecule has 2 aliphatic rings. The van der Waals surface area contributed by atoms with Gasteiger partial charge in [0.05, 0.1) is 11.2 Å². The van der Waals surface area contributed by atoms with Gasteiger partial charge in [0, 0.05) is 23.8 Å². The van der Waals surface area contributed by atoms with Crippen molar-refractivity contribution in [3.63, 3.8) is 0 Å². The Balaban J connectivity index is 1.73. The van der Waals surface area contributed by atoms with Gasteiger partial charge in [0.15, 0.2) is 0 Å². The molecule has 3 heterocycles. The van der Waals surface area contributed by atoms with Gasteiger partial charge in [-0.05, 0) is 62.7 Å². The Morgan fingerprint density at radius 1 is 1.20 bits per heavy atom. The largest absolute Gasteiger partial charge is 0.494 e. The maximum Gasteiger partial charge on any atom is 0.494 e. The molecule has 0 bridgehead atoms. The molecule has 0 atom stereocenters. The topological polar surface area (TPSA) is 60.7 Å². The highest BCUT2D eigenvalue weighted by molar-refractivity contribution is 6.62. The summed E-state index contributed by atoms with van der Waals surface area (Å²) in [5.74, 6) is -0.897. The van der Waals surface area contributed by atoms with Gasteiger partial charge in [-0.1, -0.05) is 12.1 Å². The minimum atomic E-state index is -0.897. The monoisotopic (exact) mass is 339 g/mol. The predicted octanol–water partition coefficient (Wildman–Crippen LogP) is 2.81.